The summed E-state index contributed by atoms with van der Waals surface area (Å²) in [7, 11) is 1.82. The highest BCUT2D eigenvalue weighted by Gasteiger charge is 2.06. The molecule has 0 saturated carbocycles. The van der Waals surface area contributed by atoms with Crippen molar-refractivity contribution in [2.75, 3.05) is 23.9 Å². The third kappa shape index (κ3) is 3.81. The Morgan fingerprint density at radius 2 is 1.74 bits per heavy atom. The summed E-state index contributed by atoms with van der Waals surface area (Å²) in [5, 5.41) is 6.38. The van der Waals surface area contributed by atoms with Crippen molar-refractivity contribution in [3.05, 3.63) is 60.7 Å². The number of rotatable bonds is 5. The molecule has 116 valence electrons. The Labute approximate surface area is 140 Å². The highest BCUT2D eigenvalue weighted by molar-refractivity contribution is 7.98. The second-order valence-electron chi connectivity index (χ2n) is 4.94. The van der Waals surface area contributed by atoms with Gasteiger partial charge in [-0.2, -0.15) is 4.98 Å². The molecule has 0 aliphatic rings. The van der Waals surface area contributed by atoms with E-state index in [4.69, 9.17) is 0 Å². The Kier molecular flexibility index (Phi) is 4.78. The summed E-state index contributed by atoms with van der Waals surface area (Å²) in [6.45, 7) is 0. The fraction of sp³-hybridized carbons (Fsp3) is 0.111. The summed E-state index contributed by atoms with van der Waals surface area (Å²) in [4.78, 5) is 10.2. The second-order valence-corrected chi connectivity index (χ2v) is 5.81. The molecule has 1 aromatic heterocycles. The maximum Gasteiger partial charge on any atom is 0.224 e. The average Bonchev–Trinajstić information content (AvgIpc) is 2.62. The molecule has 0 aliphatic carbocycles. The van der Waals surface area contributed by atoms with Crippen LogP contribution in [-0.2, 0) is 0 Å². The van der Waals surface area contributed by atoms with Crippen molar-refractivity contribution >= 4 is 29.2 Å². The highest BCUT2D eigenvalue weighted by atomic mass is 32.2. The molecule has 23 heavy (non-hydrogen) atoms. The Morgan fingerprint density at radius 3 is 2.48 bits per heavy atom. The van der Waals surface area contributed by atoms with Gasteiger partial charge in [0.05, 0.1) is 5.69 Å². The van der Waals surface area contributed by atoms with E-state index in [9.17, 15) is 0 Å². The maximum atomic E-state index is 4.53. The van der Waals surface area contributed by atoms with Crippen LogP contribution in [0.3, 0.4) is 0 Å². The van der Waals surface area contributed by atoms with Crippen LogP contribution >= 0.6 is 11.8 Å². The summed E-state index contributed by atoms with van der Waals surface area (Å²) in [6.07, 6.45) is 2.07. The van der Waals surface area contributed by atoms with Crippen molar-refractivity contribution in [2.45, 2.75) is 4.90 Å². The van der Waals surface area contributed by atoms with E-state index in [0.29, 0.717) is 5.95 Å². The SMILES string of the molecule is CNc1nc(Nc2cccc(SC)c2)cc(-c2ccccc2)n1. The van der Waals surface area contributed by atoms with Crippen molar-refractivity contribution in [1.29, 1.82) is 0 Å². The van der Waals surface area contributed by atoms with Gasteiger partial charge in [-0.3, -0.25) is 0 Å². The van der Waals surface area contributed by atoms with Crippen LogP contribution in [0.4, 0.5) is 17.5 Å². The molecule has 3 aromatic rings. The number of nitrogens with one attached hydrogen (secondary N) is 2. The van der Waals surface area contributed by atoms with Gasteiger partial charge < -0.3 is 10.6 Å². The number of hydrogen-bond donors (Lipinski definition) is 2. The zero-order valence-electron chi connectivity index (χ0n) is 13.1. The van der Waals surface area contributed by atoms with E-state index in [1.165, 1.54) is 4.90 Å². The molecule has 0 saturated heterocycles. The number of hydrogen-bond acceptors (Lipinski definition) is 5. The van der Waals surface area contributed by atoms with Crippen molar-refractivity contribution in [1.82, 2.24) is 9.97 Å². The first kappa shape index (κ1) is 15.4. The van der Waals surface area contributed by atoms with Crippen molar-refractivity contribution in [3.8, 4) is 11.3 Å². The first-order valence-electron chi connectivity index (χ1n) is 7.32. The van der Waals surface area contributed by atoms with Gasteiger partial charge in [-0.05, 0) is 24.5 Å². The van der Waals surface area contributed by atoms with Gasteiger partial charge in [-0.15, -0.1) is 11.8 Å². The smallest absolute Gasteiger partial charge is 0.224 e. The molecule has 1 heterocycles. The lowest BCUT2D eigenvalue weighted by Gasteiger charge is -2.10. The summed E-state index contributed by atoms with van der Waals surface area (Å²) in [6, 6.07) is 20.3. The lowest BCUT2D eigenvalue weighted by atomic mass is 10.1. The van der Waals surface area contributed by atoms with Gasteiger partial charge in [0.2, 0.25) is 5.95 Å². The molecule has 0 amide bonds. The minimum absolute atomic E-state index is 0.592. The van der Waals surface area contributed by atoms with Gasteiger partial charge in [-0.1, -0.05) is 36.4 Å². The third-order valence-corrected chi connectivity index (χ3v) is 4.09. The quantitative estimate of drug-likeness (QED) is 0.670. The Bertz CT molecular complexity index is 790. The molecule has 0 bridgehead atoms. The van der Waals surface area contributed by atoms with E-state index in [1.807, 2.05) is 55.6 Å². The fourth-order valence-corrected chi connectivity index (χ4v) is 2.69. The second kappa shape index (κ2) is 7.15. The molecule has 4 nitrogen and oxygen atoms in total. The summed E-state index contributed by atoms with van der Waals surface area (Å²) >= 11 is 1.72. The van der Waals surface area contributed by atoms with Gasteiger partial charge in [0.1, 0.15) is 5.82 Å². The van der Waals surface area contributed by atoms with Crippen molar-refractivity contribution in [2.24, 2.45) is 0 Å². The van der Waals surface area contributed by atoms with E-state index in [2.05, 4.69) is 39.0 Å². The molecule has 0 aliphatic heterocycles. The number of aromatic nitrogens is 2. The van der Waals surface area contributed by atoms with Gasteiger partial charge in [-0.25, -0.2) is 4.98 Å². The van der Waals surface area contributed by atoms with Gasteiger partial charge in [0.25, 0.3) is 0 Å². The molecular formula is C18H18N4S. The molecule has 0 unspecified atom stereocenters. The number of anilines is 3. The molecular weight excluding hydrogens is 304 g/mol. The minimum atomic E-state index is 0.592. The molecule has 0 radical (unpaired) electrons. The van der Waals surface area contributed by atoms with Gasteiger partial charge >= 0.3 is 0 Å². The number of nitrogens with zero attached hydrogens (tertiary/aromatic N) is 2. The zero-order valence-corrected chi connectivity index (χ0v) is 13.9. The van der Waals surface area contributed by atoms with Crippen molar-refractivity contribution in [3.63, 3.8) is 0 Å². The number of thioether (sulfide) groups is 1. The van der Waals surface area contributed by atoms with Crippen LogP contribution in [0.15, 0.2) is 65.6 Å². The molecule has 0 atom stereocenters. The van der Waals surface area contributed by atoms with Crippen LogP contribution in [0, 0.1) is 0 Å². The summed E-state index contributed by atoms with van der Waals surface area (Å²) < 4.78 is 0. The van der Waals surface area contributed by atoms with Crippen LogP contribution in [0.5, 0.6) is 0 Å². The van der Waals surface area contributed by atoms with E-state index < -0.39 is 0 Å². The fourth-order valence-electron chi connectivity index (χ4n) is 2.23. The van der Waals surface area contributed by atoms with Gasteiger partial charge in [0.15, 0.2) is 0 Å². The van der Waals surface area contributed by atoms with Crippen LogP contribution in [0.1, 0.15) is 0 Å². The molecule has 2 aromatic carbocycles. The Hall–Kier alpha value is -2.53. The summed E-state index contributed by atoms with van der Waals surface area (Å²) in [5.74, 6) is 1.36. The van der Waals surface area contributed by atoms with Crippen LogP contribution < -0.4 is 10.6 Å². The standard InChI is InChI=1S/C18H18N4S/c1-19-18-21-16(13-7-4-3-5-8-13)12-17(22-18)20-14-9-6-10-15(11-14)23-2/h3-12H,1-2H3,(H2,19,20,21,22). The molecule has 0 fully saturated rings. The molecule has 2 N–H and O–H groups in total. The van der Waals surface area contributed by atoms with E-state index in [0.717, 1.165) is 22.8 Å². The normalized spacial score (nSPS) is 10.3. The topological polar surface area (TPSA) is 49.8 Å². The van der Waals surface area contributed by atoms with Gasteiger partial charge in [0, 0.05) is 29.3 Å². The minimum Gasteiger partial charge on any atom is -0.357 e. The van der Waals surface area contributed by atoms with Crippen LogP contribution in [-0.4, -0.2) is 23.3 Å². The Morgan fingerprint density at radius 1 is 0.913 bits per heavy atom. The monoisotopic (exact) mass is 322 g/mol. The predicted molar refractivity (Wildman–Crippen MR) is 98.5 cm³/mol. The first-order valence-corrected chi connectivity index (χ1v) is 8.54. The highest BCUT2D eigenvalue weighted by Crippen LogP contribution is 2.25. The maximum absolute atomic E-state index is 4.53. The Balaban J connectivity index is 1.95. The molecule has 0 spiro atoms. The van der Waals surface area contributed by atoms with E-state index in [-0.39, 0.29) is 0 Å². The van der Waals surface area contributed by atoms with Crippen LogP contribution in [0.2, 0.25) is 0 Å². The van der Waals surface area contributed by atoms with Crippen molar-refractivity contribution < 1.29 is 0 Å². The molecule has 5 heteroatoms. The van der Waals surface area contributed by atoms with Crippen LogP contribution in [0.25, 0.3) is 11.3 Å². The lowest BCUT2D eigenvalue weighted by molar-refractivity contribution is 1.15. The van der Waals surface area contributed by atoms with E-state index in [1.54, 1.807) is 11.8 Å². The number of benzene rings is 2. The van der Waals surface area contributed by atoms with E-state index >= 15 is 0 Å². The lowest BCUT2D eigenvalue weighted by Crippen LogP contribution is -2.02. The molecule has 3 rings (SSSR count). The third-order valence-electron chi connectivity index (χ3n) is 3.36. The zero-order chi connectivity index (χ0) is 16.1. The summed E-state index contributed by atoms with van der Waals surface area (Å²) in [5.41, 5.74) is 2.96. The predicted octanol–water partition coefficient (Wildman–Crippen LogP) is 4.65. The average molecular weight is 322 g/mol. The first-order chi connectivity index (χ1) is 11.3. The largest absolute Gasteiger partial charge is 0.357 e.